The second-order valence-corrected chi connectivity index (χ2v) is 6.24. The topological polar surface area (TPSA) is 81.4 Å². The van der Waals surface area contributed by atoms with Gasteiger partial charge in [-0.05, 0) is 36.2 Å². The molecular weight excluding hydrogens is 288 g/mol. The van der Waals surface area contributed by atoms with Gasteiger partial charge in [0.25, 0.3) is 10.0 Å². The SMILES string of the molecule is CCc1ccc(NS(=O)(=O)c2ccc(N)c(OC)c2)cc1. The monoisotopic (exact) mass is 306 g/mol. The van der Waals surface area contributed by atoms with Crippen LogP contribution in [0.5, 0.6) is 5.75 Å². The van der Waals surface area contributed by atoms with Crippen molar-refractivity contribution in [2.75, 3.05) is 17.6 Å². The van der Waals surface area contributed by atoms with Crippen molar-refractivity contribution in [1.82, 2.24) is 0 Å². The zero-order valence-electron chi connectivity index (χ0n) is 12.0. The summed E-state index contributed by atoms with van der Waals surface area (Å²) < 4.78 is 32.2. The molecule has 2 aromatic carbocycles. The normalized spacial score (nSPS) is 11.1. The molecule has 2 rings (SSSR count). The van der Waals surface area contributed by atoms with Crippen LogP contribution >= 0.6 is 0 Å². The molecule has 2 aromatic rings. The maximum absolute atomic E-state index is 12.3. The number of anilines is 2. The lowest BCUT2D eigenvalue weighted by Gasteiger charge is -2.11. The average Bonchev–Trinajstić information content (AvgIpc) is 2.48. The van der Waals surface area contributed by atoms with Crippen LogP contribution in [0.25, 0.3) is 0 Å². The van der Waals surface area contributed by atoms with E-state index in [2.05, 4.69) is 4.72 Å². The summed E-state index contributed by atoms with van der Waals surface area (Å²) >= 11 is 0. The third-order valence-electron chi connectivity index (χ3n) is 3.13. The number of nitrogens with two attached hydrogens (primary N) is 1. The first-order valence-electron chi connectivity index (χ1n) is 6.51. The van der Waals surface area contributed by atoms with Gasteiger partial charge in [0.05, 0.1) is 17.7 Å². The molecule has 0 fully saturated rings. The van der Waals surface area contributed by atoms with E-state index in [1.165, 1.54) is 25.3 Å². The molecule has 3 N–H and O–H groups in total. The fourth-order valence-corrected chi connectivity index (χ4v) is 2.95. The molecule has 6 heteroatoms. The molecule has 112 valence electrons. The molecule has 0 saturated heterocycles. The summed E-state index contributed by atoms with van der Waals surface area (Å²) in [4.78, 5) is 0.105. The van der Waals surface area contributed by atoms with E-state index in [0.29, 0.717) is 17.1 Å². The third kappa shape index (κ3) is 3.46. The van der Waals surface area contributed by atoms with E-state index in [1.807, 2.05) is 19.1 Å². The first-order valence-corrected chi connectivity index (χ1v) is 8.00. The number of hydrogen-bond acceptors (Lipinski definition) is 4. The van der Waals surface area contributed by atoms with Crippen molar-refractivity contribution < 1.29 is 13.2 Å². The quantitative estimate of drug-likeness (QED) is 0.832. The van der Waals surface area contributed by atoms with Gasteiger partial charge < -0.3 is 10.5 Å². The molecule has 0 amide bonds. The number of nitrogens with one attached hydrogen (secondary N) is 1. The lowest BCUT2D eigenvalue weighted by molar-refractivity contribution is 0.415. The van der Waals surface area contributed by atoms with Gasteiger partial charge in [-0.25, -0.2) is 8.42 Å². The van der Waals surface area contributed by atoms with Crippen LogP contribution < -0.4 is 15.2 Å². The number of benzene rings is 2. The van der Waals surface area contributed by atoms with Crippen molar-refractivity contribution in [1.29, 1.82) is 0 Å². The summed E-state index contributed by atoms with van der Waals surface area (Å²) in [6, 6.07) is 11.6. The number of methoxy groups -OCH3 is 1. The van der Waals surface area contributed by atoms with Crippen LogP contribution in [0.15, 0.2) is 47.4 Å². The van der Waals surface area contributed by atoms with Gasteiger partial charge in [0.2, 0.25) is 0 Å². The highest BCUT2D eigenvalue weighted by Crippen LogP contribution is 2.26. The van der Waals surface area contributed by atoms with Crippen LogP contribution in [-0.4, -0.2) is 15.5 Å². The van der Waals surface area contributed by atoms with E-state index in [1.54, 1.807) is 12.1 Å². The second-order valence-electron chi connectivity index (χ2n) is 4.56. The highest BCUT2D eigenvalue weighted by atomic mass is 32.2. The van der Waals surface area contributed by atoms with E-state index in [0.717, 1.165) is 12.0 Å². The van der Waals surface area contributed by atoms with E-state index >= 15 is 0 Å². The first kappa shape index (κ1) is 15.2. The summed E-state index contributed by atoms with van der Waals surface area (Å²) in [5, 5.41) is 0. The molecular formula is C15H18N2O3S. The zero-order chi connectivity index (χ0) is 15.5. The largest absolute Gasteiger partial charge is 0.495 e. The number of rotatable bonds is 5. The molecule has 0 saturated carbocycles. The summed E-state index contributed by atoms with van der Waals surface area (Å²) in [5.74, 6) is 0.333. The number of aryl methyl sites for hydroxylation is 1. The molecule has 21 heavy (non-hydrogen) atoms. The van der Waals surface area contributed by atoms with Gasteiger partial charge in [0.15, 0.2) is 0 Å². The van der Waals surface area contributed by atoms with Gasteiger partial charge in [-0.1, -0.05) is 19.1 Å². The third-order valence-corrected chi connectivity index (χ3v) is 4.51. The standard InChI is InChI=1S/C15H18N2O3S/c1-3-11-4-6-12(7-5-11)17-21(18,19)13-8-9-14(16)15(10-13)20-2/h4-10,17H,3,16H2,1-2H3. The number of sulfonamides is 1. The predicted molar refractivity (Wildman–Crippen MR) is 84.0 cm³/mol. The Morgan fingerprint density at radius 1 is 1.14 bits per heavy atom. The maximum atomic E-state index is 12.3. The van der Waals surface area contributed by atoms with Crippen molar-refractivity contribution in [2.24, 2.45) is 0 Å². The Bertz CT molecular complexity index is 725. The number of nitrogen functional groups attached to an aromatic ring is 1. The van der Waals surface area contributed by atoms with Crippen LogP contribution in [0.3, 0.4) is 0 Å². The molecule has 0 radical (unpaired) electrons. The summed E-state index contributed by atoms with van der Waals surface area (Å²) in [7, 11) is -2.22. The zero-order valence-corrected chi connectivity index (χ0v) is 12.8. The van der Waals surface area contributed by atoms with E-state index in [9.17, 15) is 8.42 Å². The van der Waals surface area contributed by atoms with Crippen LogP contribution in [0.2, 0.25) is 0 Å². The molecule has 0 aliphatic rings. The minimum Gasteiger partial charge on any atom is -0.495 e. The van der Waals surface area contributed by atoms with Gasteiger partial charge in [-0.3, -0.25) is 4.72 Å². The number of ether oxygens (including phenoxy) is 1. The highest BCUT2D eigenvalue weighted by Gasteiger charge is 2.16. The maximum Gasteiger partial charge on any atom is 0.262 e. The van der Waals surface area contributed by atoms with Gasteiger partial charge in [0, 0.05) is 11.8 Å². The fourth-order valence-electron chi connectivity index (χ4n) is 1.88. The van der Waals surface area contributed by atoms with Gasteiger partial charge in [0.1, 0.15) is 5.75 Å². The Balaban J connectivity index is 2.29. The molecule has 0 aliphatic carbocycles. The number of hydrogen-bond donors (Lipinski definition) is 2. The van der Waals surface area contributed by atoms with Crippen LogP contribution in [0.4, 0.5) is 11.4 Å². The first-order chi connectivity index (χ1) is 9.96. The van der Waals surface area contributed by atoms with Crippen LogP contribution in [-0.2, 0) is 16.4 Å². The molecule has 0 bridgehead atoms. The van der Waals surface area contributed by atoms with E-state index in [4.69, 9.17) is 10.5 Å². The van der Waals surface area contributed by atoms with E-state index < -0.39 is 10.0 Å². The second kappa shape index (κ2) is 6.05. The van der Waals surface area contributed by atoms with Crippen molar-refractivity contribution in [2.45, 2.75) is 18.2 Å². The van der Waals surface area contributed by atoms with Gasteiger partial charge in [-0.15, -0.1) is 0 Å². The van der Waals surface area contributed by atoms with E-state index in [-0.39, 0.29) is 4.90 Å². The smallest absolute Gasteiger partial charge is 0.262 e. The molecule has 0 aliphatic heterocycles. The summed E-state index contributed by atoms with van der Waals surface area (Å²) in [6.45, 7) is 2.04. The molecule has 5 nitrogen and oxygen atoms in total. The van der Waals surface area contributed by atoms with Crippen LogP contribution in [0, 0.1) is 0 Å². The predicted octanol–water partition coefficient (Wildman–Crippen LogP) is 2.64. The van der Waals surface area contributed by atoms with Crippen molar-refractivity contribution in [3.8, 4) is 5.75 Å². The fraction of sp³-hybridized carbons (Fsp3) is 0.200. The van der Waals surface area contributed by atoms with Gasteiger partial charge in [-0.2, -0.15) is 0 Å². The Hall–Kier alpha value is -2.21. The van der Waals surface area contributed by atoms with Crippen molar-refractivity contribution in [3.05, 3.63) is 48.0 Å². The minimum atomic E-state index is -3.67. The minimum absolute atomic E-state index is 0.105. The lowest BCUT2D eigenvalue weighted by atomic mass is 10.2. The summed E-state index contributed by atoms with van der Waals surface area (Å²) in [6.07, 6.45) is 0.905. The Morgan fingerprint density at radius 2 is 1.81 bits per heavy atom. The van der Waals surface area contributed by atoms with Crippen LogP contribution in [0.1, 0.15) is 12.5 Å². The molecule has 0 heterocycles. The Morgan fingerprint density at radius 3 is 2.38 bits per heavy atom. The highest BCUT2D eigenvalue weighted by molar-refractivity contribution is 7.92. The average molecular weight is 306 g/mol. The molecule has 0 atom stereocenters. The Kier molecular flexibility index (Phi) is 4.37. The summed E-state index contributed by atoms with van der Waals surface area (Å²) in [5.41, 5.74) is 7.74. The lowest BCUT2D eigenvalue weighted by Crippen LogP contribution is -2.13. The molecule has 0 spiro atoms. The molecule has 0 aromatic heterocycles. The molecule has 0 unspecified atom stereocenters. The Labute approximate surface area is 124 Å². The van der Waals surface area contributed by atoms with Gasteiger partial charge >= 0.3 is 0 Å². The van der Waals surface area contributed by atoms with Crippen molar-refractivity contribution >= 4 is 21.4 Å². The van der Waals surface area contributed by atoms with Crippen molar-refractivity contribution in [3.63, 3.8) is 0 Å².